The molecule has 32 heavy (non-hydrogen) atoms. The molecule has 0 bridgehead atoms. The van der Waals surface area contributed by atoms with Crippen LogP contribution in [0, 0.1) is 26.0 Å². The van der Waals surface area contributed by atoms with Gasteiger partial charge in [0.2, 0.25) is 0 Å². The first kappa shape index (κ1) is 21.6. The highest BCUT2D eigenvalue weighted by atomic mass is 16.8. The molecule has 0 radical (unpaired) electrons. The molecule has 1 aliphatic rings. The van der Waals surface area contributed by atoms with Crippen LogP contribution in [0.3, 0.4) is 0 Å². The van der Waals surface area contributed by atoms with Crippen molar-refractivity contribution in [3.05, 3.63) is 88.4 Å². The minimum absolute atomic E-state index is 0.0141. The van der Waals surface area contributed by atoms with E-state index in [4.69, 9.17) is 15.0 Å². The van der Waals surface area contributed by atoms with Crippen LogP contribution < -0.4 is 10.5 Å². The molecular weight excluding hydrogens is 408 g/mol. The molecule has 0 fully saturated rings. The fourth-order valence-corrected chi connectivity index (χ4v) is 4.18. The fraction of sp³-hybridized carbons (Fsp3) is 0.250. The molecule has 2 atom stereocenters. The summed E-state index contributed by atoms with van der Waals surface area (Å²) in [5.74, 6) is 0.0947. The van der Waals surface area contributed by atoms with E-state index in [9.17, 15) is 10.0 Å². The zero-order valence-electron chi connectivity index (χ0n) is 18.1. The highest BCUT2D eigenvalue weighted by molar-refractivity contribution is 5.85. The summed E-state index contributed by atoms with van der Waals surface area (Å²) >= 11 is 0. The molecular formula is C24H25N4O4-. The lowest BCUT2D eigenvalue weighted by atomic mass is 9.96. The van der Waals surface area contributed by atoms with E-state index in [1.807, 2.05) is 29.8 Å². The molecule has 0 spiro atoms. The van der Waals surface area contributed by atoms with Crippen molar-refractivity contribution in [3.8, 4) is 5.69 Å². The Bertz CT molecular complexity index is 1170. The summed E-state index contributed by atoms with van der Waals surface area (Å²) in [7, 11) is 0. The summed E-state index contributed by atoms with van der Waals surface area (Å²) in [6.07, 6.45) is 3.56. The monoisotopic (exact) mass is 433 g/mol. The number of carbonyl (C=O) groups is 1. The molecule has 0 aliphatic heterocycles. The van der Waals surface area contributed by atoms with Gasteiger partial charge in [-0.2, -0.15) is 5.10 Å². The van der Waals surface area contributed by atoms with Crippen molar-refractivity contribution in [2.45, 2.75) is 39.2 Å². The van der Waals surface area contributed by atoms with E-state index >= 15 is 0 Å². The van der Waals surface area contributed by atoms with Gasteiger partial charge in [0.15, 0.2) is 0 Å². The first-order valence-corrected chi connectivity index (χ1v) is 10.4. The number of para-hydroxylation sites is 1. The molecule has 1 amide bonds. The zero-order chi connectivity index (χ0) is 22.8. The number of rotatable bonds is 5. The van der Waals surface area contributed by atoms with Gasteiger partial charge < -0.3 is 15.2 Å². The van der Waals surface area contributed by atoms with Gasteiger partial charge in [-0.15, -0.1) is 0 Å². The molecule has 0 saturated carbocycles. The summed E-state index contributed by atoms with van der Waals surface area (Å²) in [5.41, 5.74) is 5.73. The molecule has 8 nitrogen and oxygen atoms in total. The van der Waals surface area contributed by atoms with Crippen molar-refractivity contribution in [2.24, 2.45) is 0 Å². The van der Waals surface area contributed by atoms with Gasteiger partial charge in [0.05, 0.1) is 17.1 Å². The predicted molar refractivity (Wildman–Crippen MR) is 122 cm³/mol. The molecule has 166 valence electrons. The minimum atomic E-state index is -0.628. The van der Waals surface area contributed by atoms with E-state index in [-0.39, 0.29) is 22.9 Å². The maximum Gasteiger partial charge on any atom is 0.412 e. The van der Waals surface area contributed by atoms with Crippen LogP contribution in [0.25, 0.3) is 5.69 Å². The van der Waals surface area contributed by atoms with E-state index in [1.165, 1.54) is 12.1 Å². The maximum absolute atomic E-state index is 12.3. The smallest absolute Gasteiger partial charge is 0.412 e. The summed E-state index contributed by atoms with van der Waals surface area (Å²) in [4.78, 5) is 12.3. The third-order valence-corrected chi connectivity index (χ3v) is 5.68. The second kappa shape index (κ2) is 8.86. The molecule has 8 heteroatoms. The van der Waals surface area contributed by atoms with Crippen molar-refractivity contribution in [3.63, 3.8) is 0 Å². The number of hydrogen-bond acceptors (Lipinski definition) is 6. The van der Waals surface area contributed by atoms with Crippen molar-refractivity contribution >= 4 is 17.5 Å². The van der Waals surface area contributed by atoms with Gasteiger partial charge in [-0.3, -0.25) is 10.5 Å². The lowest BCUT2D eigenvalue weighted by Gasteiger charge is -2.22. The van der Waals surface area contributed by atoms with Crippen molar-refractivity contribution in [2.75, 3.05) is 10.5 Å². The summed E-state index contributed by atoms with van der Waals surface area (Å²) in [6.45, 7) is 6.12. The molecule has 4 rings (SSSR count). The van der Waals surface area contributed by atoms with Gasteiger partial charge in [-0.1, -0.05) is 30.3 Å². The molecule has 0 saturated heterocycles. The second-order valence-electron chi connectivity index (χ2n) is 7.90. The Hall–Kier alpha value is -3.62. The van der Waals surface area contributed by atoms with E-state index < -0.39 is 6.09 Å². The number of nitrogens with one attached hydrogen (secondary N) is 1. The second-order valence-corrected chi connectivity index (χ2v) is 7.90. The van der Waals surface area contributed by atoms with Gasteiger partial charge >= 0.3 is 6.09 Å². The van der Waals surface area contributed by atoms with Gasteiger partial charge in [-0.05, 0) is 63.1 Å². The van der Waals surface area contributed by atoms with Crippen molar-refractivity contribution in [1.82, 2.24) is 9.78 Å². The molecule has 1 heterocycles. The Morgan fingerprint density at radius 2 is 1.97 bits per heavy atom. The topological polar surface area (TPSA) is 103 Å². The Kier molecular flexibility index (Phi) is 5.98. The number of carbonyl (C=O) groups excluding carboxylic acids is 1. The predicted octanol–water partition coefficient (Wildman–Crippen LogP) is 5.15. The lowest BCUT2D eigenvalue weighted by Crippen LogP contribution is -2.20. The summed E-state index contributed by atoms with van der Waals surface area (Å²) in [5, 5.41) is 27.1. The average molecular weight is 433 g/mol. The number of anilines is 2. The lowest BCUT2D eigenvalue weighted by molar-refractivity contribution is 0.132. The molecule has 2 N–H and O–H groups in total. The number of allylic oxidation sites excluding steroid dienone is 1. The minimum Gasteiger partial charge on any atom is -0.733 e. The summed E-state index contributed by atoms with van der Waals surface area (Å²) in [6, 6.07) is 14.1. The van der Waals surface area contributed by atoms with Gasteiger partial charge in [-0.25, -0.2) is 9.48 Å². The maximum atomic E-state index is 12.3. The number of benzene rings is 2. The van der Waals surface area contributed by atoms with Crippen LogP contribution >= 0.6 is 0 Å². The van der Waals surface area contributed by atoms with Crippen LogP contribution in [0.2, 0.25) is 0 Å². The molecule has 2 aromatic carbocycles. The van der Waals surface area contributed by atoms with Gasteiger partial charge in [0.1, 0.15) is 6.10 Å². The van der Waals surface area contributed by atoms with Gasteiger partial charge in [0.25, 0.3) is 0 Å². The molecule has 0 unspecified atom stereocenters. The third kappa shape index (κ3) is 4.37. The van der Waals surface area contributed by atoms with Crippen LogP contribution in [-0.2, 0) is 4.74 Å². The Balaban J connectivity index is 1.43. The largest absolute Gasteiger partial charge is 0.733 e. The van der Waals surface area contributed by atoms with E-state index in [2.05, 4.69) is 37.4 Å². The van der Waals surface area contributed by atoms with E-state index in [1.54, 1.807) is 12.1 Å². The van der Waals surface area contributed by atoms with Crippen LogP contribution in [0.1, 0.15) is 34.9 Å². The van der Waals surface area contributed by atoms with Crippen LogP contribution in [0.4, 0.5) is 16.2 Å². The van der Waals surface area contributed by atoms with Crippen molar-refractivity contribution < 1.29 is 14.7 Å². The zero-order valence-corrected chi connectivity index (χ0v) is 18.1. The first-order chi connectivity index (χ1) is 15.3. The third-order valence-electron chi connectivity index (χ3n) is 5.68. The number of nitrogens with zero attached hydrogens (tertiary/aromatic N) is 3. The highest BCUT2D eigenvalue weighted by Gasteiger charge is 2.28. The van der Waals surface area contributed by atoms with Gasteiger partial charge in [0, 0.05) is 22.9 Å². The average Bonchev–Trinajstić information content (AvgIpc) is 3.31. The standard InChI is InChI=1S/C24H25N4O4/c1-15-7-4-5-10-22(15)27-17(3)23(16(2)26-27)18-11-12-21(13-18)32-24(29)25-19-8-6-9-20(14-19)28(30)31/h4-12,14,18,21,30H,13H2,1-3H3,(H,25,29)/q-1/t18-,21-/m1/s1. The number of ether oxygens (including phenoxy) is 1. The Labute approximate surface area is 186 Å². The highest BCUT2D eigenvalue weighted by Crippen LogP contribution is 2.35. The van der Waals surface area contributed by atoms with Crippen LogP contribution in [0.15, 0.2) is 60.7 Å². The first-order valence-electron chi connectivity index (χ1n) is 10.4. The van der Waals surface area contributed by atoms with E-state index in [0.29, 0.717) is 12.1 Å². The quantitative estimate of drug-likeness (QED) is 0.426. The normalized spacial score (nSPS) is 17.4. The molecule has 1 aliphatic carbocycles. The number of aromatic nitrogens is 2. The fourth-order valence-electron chi connectivity index (χ4n) is 4.18. The number of amides is 1. The summed E-state index contributed by atoms with van der Waals surface area (Å²) < 4.78 is 7.51. The Morgan fingerprint density at radius 1 is 1.19 bits per heavy atom. The number of aryl methyl sites for hydroxylation is 2. The van der Waals surface area contributed by atoms with E-state index in [0.717, 1.165) is 28.2 Å². The number of hydrogen-bond donors (Lipinski definition) is 2. The van der Waals surface area contributed by atoms with Crippen LogP contribution in [0.5, 0.6) is 0 Å². The SMILES string of the molecule is Cc1ccccc1-n1nc(C)c([C@@H]2C=C[C@@H](OC(=O)Nc3cccc(N([O-])O)c3)C2)c1C. The molecule has 3 aromatic rings. The van der Waals surface area contributed by atoms with Crippen LogP contribution in [-0.4, -0.2) is 27.2 Å². The molecule has 1 aromatic heterocycles. The van der Waals surface area contributed by atoms with Crippen molar-refractivity contribution in [1.29, 1.82) is 0 Å². The Morgan fingerprint density at radius 3 is 2.72 bits per heavy atom.